The topological polar surface area (TPSA) is 94.2 Å². The molecule has 168 valence electrons. The average molecular weight is 469 g/mol. The van der Waals surface area contributed by atoms with Gasteiger partial charge in [0.2, 0.25) is 15.9 Å². The molecule has 1 aliphatic rings. The zero-order valence-corrected chi connectivity index (χ0v) is 19.1. The number of hydrogen-bond acceptors (Lipinski definition) is 6. The molecule has 0 unspecified atom stereocenters. The molecule has 0 saturated carbocycles. The van der Waals surface area contributed by atoms with E-state index in [4.69, 9.17) is 25.8 Å². The molecule has 0 spiro atoms. The summed E-state index contributed by atoms with van der Waals surface area (Å²) < 4.78 is 43.4. The molecule has 0 aromatic heterocycles. The number of rotatable bonds is 7. The summed E-state index contributed by atoms with van der Waals surface area (Å²) in [6, 6.07) is 9.49. The Hall–Kier alpha value is -2.49. The summed E-state index contributed by atoms with van der Waals surface area (Å²) in [5.41, 5.74) is 0.541. The van der Waals surface area contributed by atoms with Crippen LogP contribution in [0.5, 0.6) is 17.2 Å². The van der Waals surface area contributed by atoms with E-state index >= 15 is 0 Å². The highest BCUT2D eigenvalue weighted by Gasteiger charge is 2.35. The maximum atomic E-state index is 13.2. The van der Waals surface area contributed by atoms with Gasteiger partial charge in [-0.05, 0) is 43.2 Å². The van der Waals surface area contributed by atoms with E-state index in [-0.39, 0.29) is 23.1 Å². The number of hydrogen-bond donors (Lipinski definition) is 1. The smallest absolute Gasteiger partial charge is 0.246 e. The number of carbonyl (C=O) groups excluding carboxylic acids is 1. The van der Waals surface area contributed by atoms with E-state index < -0.39 is 15.9 Å². The molecule has 8 nitrogen and oxygen atoms in total. The number of carbonyl (C=O) groups is 1. The molecule has 0 bridgehead atoms. The van der Waals surface area contributed by atoms with Gasteiger partial charge in [-0.3, -0.25) is 4.79 Å². The second-order valence-corrected chi connectivity index (χ2v) is 9.40. The zero-order chi connectivity index (χ0) is 22.6. The Labute approximate surface area is 187 Å². The Balaban J connectivity index is 1.77. The van der Waals surface area contributed by atoms with Gasteiger partial charge in [0.25, 0.3) is 0 Å². The molecule has 1 saturated heterocycles. The Morgan fingerprint density at radius 3 is 2.39 bits per heavy atom. The van der Waals surface area contributed by atoms with Gasteiger partial charge in [-0.1, -0.05) is 11.6 Å². The van der Waals surface area contributed by atoms with Gasteiger partial charge < -0.3 is 19.5 Å². The number of halogens is 1. The molecule has 2 aromatic rings. The number of sulfonamides is 1. The first kappa shape index (κ1) is 23.2. The maximum Gasteiger partial charge on any atom is 0.246 e. The van der Waals surface area contributed by atoms with Crippen molar-refractivity contribution in [2.75, 3.05) is 39.7 Å². The van der Waals surface area contributed by atoms with Gasteiger partial charge in [0.05, 0.1) is 27.2 Å². The minimum atomic E-state index is -3.88. The molecule has 0 aliphatic carbocycles. The third kappa shape index (κ3) is 5.06. The van der Waals surface area contributed by atoms with Crippen LogP contribution in [0.25, 0.3) is 0 Å². The number of ether oxygens (including phenoxy) is 3. The van der Waals surface area contributed by atoms with Crippen LogP contribution in [0.3, 0.4) is 0 Å². The lowest BCUT2D eigenvalue weighted by Crippen LogP contribution is -2.43. The molecule has 10 heteroatoms. The van der Waals surface area contributed by atoms with E-state index in [1.54, 1.807) is 24.3 Å². The SMILES string of the molecule is COc1ccc(NC(=O)[C@H]2CCCN(S(=O)(=O)c3cc(Cl)ccc3OC)C2)cc1OC. The van der Waals surface area contributed by atoms with Gasteiger partial charge in [-0.2, -0.15) is 4.31 Å². The highest BCUT2D eigenvalue weighted by molar-refractivity contribution is 7.89. The van der Waals surface area contributed by atoms with E-state index in [0.717, 1.165) is 0 Å². The summed E-state index contributed by atoms with van der Waals surface area (Å²) in [4.78, 5) is 12.8. The Bertz CT molecular complexity index is 1060. The molecule has 3 rings (SSSR count). The number of methoxy groups -OCH3 is 3. The lowest BCUT2D eigenvalue weighted by Gasteiger charge is -2.31. The molecule has 1 N–H and O–H groups in total. The first-order chi connectivity index (χ1) is 14.8. The van der Waals surface area contributed by atoms with Crippen LogP contribution in [0.2, 0.25) is 5.02 Å². The second-order valence-electron chi connectivity index (χ2n) is 7.06. The standard InChI is InChI=1S/C21H25ClN2O6S/c1-28-17-9-7-16(12-19(17)30-3)23-21(25)14-5-4-10-24(13-14)31(26,27)20-11-15(22)6-8-18(20)29-2/h6-9,11-12,14H,4-5,10,13H2,1-3H3,(H,23,25)/t14-/m0/s1. The minimum Gasteiger partial charge on any atom is -0.495 e. The van der Waals surface area contributed by atoms with Crippen LogP contribution in [0.1, 0.15) is 12.8 Å². The quantitative estimate of drug-likeness (QED) is 0.669. The minimum absolute atomic E-state index is 0.0107. The van der Waals surface area contributed by atoms with Gasteiger partial charge in [0, 0.05) is 29.9 Å². The molecular weight excluding hydrogens is 444 g/mol. The second kappa shape index (κ2) is 9.76. The summed E-state index contributed by atoms with van der Waals surface area (Å²) in [7, 11) is 0.563. The number of nitrogens with one attached hydrogen (secondary N) is 1. The van der Waals surface area contributed by atoms with Gasteiger partial charge in [0.15, 0.2) is 11.5 Å². The summed E-state index contributed by atoms with van der Waals surface area (Å²) in [5.74, 6) is 0.486. The molecule has 0 radical (unpaired) electrons. The number of nitrogens with zero attached hydrogens (tertiary/aromatic N) is 1. The molecule has 2 aromatic carbocycles. The third-order valence-corrected chi connectivity index (χ3v) is 7.27. The molecule has 1 atom stereocenters. The fourth-order valence-electron chi connectivity index (χ4n) is 3.52. The van der Waals surface area contributed by atoms with Crippen molar-refractivity contribution in [1.29, 1.82) is 0 Å². The van der Waals surface area contributed by atoms with Crippen LogP contribution in [0.15, 0.2) is 41.3 Å². The summed E-state index contributed by atoms with van der Waals surface area (Å²) >= 11 is 6.01. The van der Waals surface area contributed by atoms with Crippen LogP contribution >= 0.6 is 11.6 Å². The van der Waals surface area contributed by atoms with E-state index in [1.807, 2.05) is 0 Å². The lowest BCUT2D eigenvalue weighted by atomic mass is 9.98. The van der Waals surface area contributed by atoms with Crippen molar-refractivity contribution in [1.82, 2.24) is 4.31 Å². The largest absolute Gasteiger partial charge is 0.495 e. The predicted octanol–water partition coefficient (Wildman–Crippen LogP) is 3.41. The van der Waals surface area contributed by atoms with Crippen molar-refractivity contribution in [3.05, 3.63) is 41.4 Å². The van der Waals surface area contributed by atoms with E-state index in [2.05, 4.69) is 5.32 Å². The van der Waals surface area contributed by atoms with Gasteiger partial charge in [-0.25, -0.2) is 8.42 Å². The highest BCUT2D eigenvalue weighted by Crippen LogP contribution is 2.33. The Morgan fingerprint density at radius 2 is 1.71 bits per heavy atom. The van der Waals surface area contributed by atoms with Gasteiger partial charge >= 0.3 is 0 Å². The summed E-state index contributed by atoms with van der Waals surface area (Å²) in [6.07, 6.45) is 1.14. The van der Waals surface area contributed by atoms with Crippen LogP contribution in [-0.4, -0.2) is 53.0 Å². The molecule has 1 fully saturated rings. The maximum absolute atomic E-state index is 13.2. The first-order valence-corrected chi connectivity index (χ1v) is 11.5. The van der Waals surface area contributed by atoms with Crippen molar-refractivity contribution < 1.29 is 27.4 Å². The Kier molecular flexibility index (Phi) is 7.30. The average Bonchev–Trinajstić information content (AvgIpc) is 2.79. The number of anilines is 1. The van der Waals surface area contributed by atoms with Crippen LogP contribution in [0, 0.1) is 5.92 Å². The van der Waals surface area contributed by atoms with E-state index in [1.165, 1.54) is 37.8 Å². The first-order valence-electron chi connectivity index (χ1n) is 9.66. The van der Waals surface area contributed by atoms with Crippen molar-refractivity contribution in [3.63, 3.8) is 0 Å². The van der Waals surface area contributed by atoms with E-state index in [0.29, 0.717) is 41.6 Å². The summed E-state index contributed by atoms with van der Waals surface area (Å²) in [6.45, 7) is 0.384. The highest BCUT2D eigenvalue weighted by atomic mass is 35.5. The van der Waals surface area contributed by atoms with Gasteiger partial charge in [0.1, 0.15) is 10.6 Å². The zero-order valence-electron chi connectivity index (χ0n) is 17.6. The summed E-state index contributed by atoms with van der Waals surface area (Å²) in [5, 5.41) is 3.13. The molecule has 1 heterocycles. The lowest BCUT2D eigenvalue weighted by molar-refractivity contribution is -0.120. The third-order valence-electron chi connectivity index (χ3n) is 5.15. The number of amides is 1. The number of piperidine rings is 1. The van der Waals surface area contributed by atoms with Crippen molar-refractivity contribution in [3.8, 4) is 17.2 Å². The fraction of sp³-hybridized carbons (Fsp3) is 0.381. The van der Waals surface area contributed by atoms with Crippen molar-refractivity contribution >= 4 is 33.2 Å². The van der Waals surface area contributed by atoms with E-state index in [9.17, 15) is 13.2 Å². The van der Waals surface area contributed by atoms with Gasteiger partial charge in [-0.15, -0.1) is 0 Å². The van der Waals surface area contributed by atoms with Crippen molar-refractivity contribution in [2.45, 2.75) is 17.7 Å². The molecule has 1 aliphatic heterocycles. The molecular formula is C21H25ClN2O6S. The van der Waals surface area contributed by atoms with Crippen LogP contribution in [-0.2, 0) is 14.8 Å². The predicted molar refractivity (Wildman–Crippen MR) is 118 cm³/mol. The molecule has 31 heavy (non-hydrogen) atoms. The normalized spacial score (nSPS) is 17.1. The monoisotopic (exact) mass is 468 g/mol. The number of benzene rings is 2. The van der Waals surface area contributed by atoms with Crippen LogP contribution < -0.4 is 19.5 Å². The molecule has 1 amide bonds. The van der Waals surface area contributed by atoms with Crippen LogP contribution in [0.4, 0.5) is 5.69 Å². The van der Waals surface area contributed by atoms with Crippen molar-refractivity contribution in [2.24, 2.45) is 5.92 Å². The fourth-order valence-corrected chi connectivity index (χ4v) is 5.47. The Morgan fingerprint density at radius 1 is 1.03 bits per heavy atom.